The summed E-state index contributed by atoms with van der Waals surface area (Å²) in [5, 5.41) is 18.4. The summed E-state index contributed by atoms with van der Waals surface area (Å²) in [6.45, 7) is 5.24. The molecule has 4 N–H and O–H groups in total. The van der Waals surface area contributed by atoms with Crippen LogP contribution in [0.4, 0.5) is 21.9 Å². The number of anilines is 3. The van der Waals surface area contributed by atoms with E-state index in [0.717, 1.165) is 11.1 Å². The fourth-order valence-electron chi connectivity index (χ4n) is 4.33. The molecule has 0 saturated carbocycles. The Balaban J connectivity index is 2.00. The molecule has 0 radical (unpaired) electrons. The predicted octanol–water partition coefficient (Wildman–Crippen LogP) is 5.54. The van der Waals surface area contributed by atoms with Crippen LogP contribution in [0.2, 0.25) is 0 Å². The number of urea groups is 1. The minimum Gasteiger partial charge on any atom is -0.494 e. The predicted molar refractivity (Wildman–Crippen MR) is 149 cm³/mol. The molecule has 0 aliphatic heterocycles. The van der Waals surface area contributed by atoms with Crippen LogP contribution in [-0.2, 0) is 9.59 Å². The lowest BCUT2D eigenvalue weighted by molar-refractivity contribution is -0.137. The number of carbonyl (C=O) groups excluding carboxylic acids is 2. The van der Waals surface area contributed by atoms with Gasteiger partial charge in [-0.2, -0.15) is 0 Å². The van der Waals surface area contributed by atoms with E-state index >= 15 is 0 Å². The number of nitrogens with zero attached hydrogens (tertiary/aromatic N) is 1. The highest BCUT2D eigenvalue weighted by Crippen LogP contribution is 2.37. The number of hydrogen-bond acceptors (Lipinski definition) is 5. The number of carboxylic acids is 1. The number of hydrogen-bond donors (Lipinski definition) is 4. The Hall–Kier alpha value is -4.53. The third kappa shape index (κ3) is 7.25. The van der Waals surface area contributed by atoms with E-state index in [9.17, 15) is 19.5 Å². The van der Waals surface area contributed by atoms with Gasteiger partial charge in [-0.25, -0.2) is 4.79 Å². The molecule has 0 fully saturated rings. The first-order valence-corrected chi connectivity index (χ1v) is 12.4. The molecule has 3 rings (SSSR count). The number of para-hydroxylation sites is 1. The average Bonchev–Trinajstić information content (AvgIpc) is 2.89. The molecule has 3 amide bonds. The normalized spacial score (nSPS) is 12.1. The number of carbonyl (C=O) groups is 3. The molecule has 0 bridgehead atoms. The zero-order valence-corrected chi connectivity index (χ0v) is 22.0. The van der Waals surface area contributed by atoms with Crippen molar-refractivity contribution >= 4 is 35.0 Å². The van der Waals surface area contributed by atoms with Crippen molar-refractivity contribution in [2.45, 2.75) is 45.8 Å². The van der Waals surface area contributed by atoms with Gasteiger partial charge in [0.15, 0.2) is 0 Å². The molecule has 2 unspecified atom stereocenters. The maximum Gasteiger partial charge on any atom is 0.323 e. The van der Waals surface area contributed by atoms with Crippen LogP contribution in [0.25, 0.3) is 0 Å². The Morgan fingerprint density at radius 3 is 2.21 bits per heavy atom. The quantitative estimate of drug-likeness (QED) is 0.247. The van der Waals surface area contributed by atoms with Gasteiger partial charge in [-0.3, -0.25) is 9.59 Å². The maximum absolute atomic E-state index is 12.7. The number of aliphatic carboxylic acids is 1. The third-order valence-electron chi connectivity index (χ3n) is 6.11. The molecule has 200 valence electrons. The highest BCUT2D eigenvalue weighted by atomic mass is 16.5. The van der Waals surface area contributed by atoms with Crippen molar-refractivity contribution in [1.82, 2.24) is 5.32 Å². The standard InChI is InChI=1S/C29H34N4O5/c1-5-27(30-20(3)34)33(25(18-28(35)36)21-12-7-6-8-13-21)22-15-16-24(26(17-22)38-4)32-29(37)31-23-14-10-9-11-19(23)2/h6-17,25,27H,5,18H2,1-4H3,(H,30,34)(H,35,36)(H2,31,32,37). The zero-order chi connectivity index (χ0) is 27.7. The molecule has 0 aromatic heterocycles. The molecule has 0 saturated heterocycles. The van der Waals surface area contributed by atoms with Crippen molar-refractivity contribution < 1.29 is 24.2 Å². The van der Waals surface area contributed by atoms with E-state index in [2.05, 4.69) is 16.0 Å². The first kappa shape index (κ1) is 28.0. The summed E-state index contributed by atoms with van der Waals surface area (Å²) in [6, 6.07) is 20.9. The monoisotopic (exact) mass is 518 g/mol. The van der Waals surface area contributed by atoms with Gasteiger partial charge in [-0.05, 0) is 42.7 Å². The second-order valence-electron chi connectivity index (χ2n) is 8.83. The second kappa shape index (κ2) is 13.1. The van der Waals surface area contributed by atoms with Gasteiger partial charge in [-0.15, -0.1) is 0 Å². The molecule has 9 nitrogen and oxygen atoms in total. The van der Waals surface area contributed by atoms with Crippen LogP contribution in [0.15, 0.2) is 72.8 Å². The molecule has 0 spiro atoms. The first-order chi connectivity index (χ1) is 18.2. The molecular formula is C29H34N4O5. The zero-order valence-electron chi connectivity index (χ0n) is 22.0. The molecular weight excluding hydrogens is 484 g/mol. The van der Waals surface area contributed by atoms with Crippen molar-refractivity contribution in [3.05, 3.63) is 83.9 Å². The lowest BCUT2D eigenvalue weighted by atomic mass is 9.99. The highest BCUT2D eigenvalue weighted by molar-refractivity contribution is 6.01. The minimum absolute atomic E-state index is 0.193. The van der Waals surface area contributed by atoms with Gasteiger partial charge < -0.3 is 30.7 Å². The highest BCUT2D eigenvalue weighted by Gasteiger charge is 2.30. The van der Waals surface area contributed by atoms with E-state index < -0.39 is 24.2 Å². The van der Waals surface area contributed by atoms with Crippen LogP contribution in [0.1, 0.15) is 43.9 Å². The number of ether oxygens (including phenoxy) is 1. The van der Waals surface area contributed by atoms with Gasteiger partial charge in [0.2, 0.25) is 5.91 Å². The number of benzene rings is 3. The van der Waals surface area contributed by atoms with Gasteiger partial charge in [0, 0.05) is 24.4 Å². The molecule has 38 heavy (non-hydrogen) atoms. The smallest absolute Gasteiger partial charge is 0.323 e. The van der Waals surface area contributed by atoms with Crippen LogP contribution < -0.4 is 25.6 Å². The summed E-state index contributed by atoms with van der Waals surface area (Å²) >= 11 is 0. The summed E-state index contributed by atoms with van der Waals surface area (Å²) in [6.07, 6.45) is -0.171. The fraction of sp³-hybridized carbons (Fsp3) is 0.276. The summed E-state index contributed by atoms with van der Waals surface area (Å²) in [5.41, 5.74) is 3.46. The second-order valence-corrected chi connectivity index (χ2v) is 8.83. The van der Waals surface area contributed by atoms with Crippen molar-refractivity contribution in [2.75, 3.05) is 22.6 Å². The largest absolute Gasteiger partial charge is 0.494 e. The van der Waals surface area contributed by atoms with E-state index in [1.54, 1.807) is 18.2 Å². The van der Waals surface area contributed by atoms with Crippen molar-refractivity contribution in [2.24, 2.45) is 0 Å². The fourth-order valence-corrected chi connectivity index (χ4v) is 4.33. The van der Waals surface area contributed by atoms with E-state index in [1.165, 1.54) is 14.0 Å². The lowest BCUT2D eigenvalue weighted by Crippen LogP contribution is -2.49. The molecule has 9 heteroatoms. The Bertz CT molecular complexity index is 1260. The van der Waals surface area contributed by atoms with E-state index in [-0.39, 0.29) is 12.3 Å². The Morgan fingerprint density at radius 2 is 1.61 bits per heavy atom. The van der Waals surface area contributed by atoms with Gasteiger partial charge >= 0.3 is 12.0 Å². The summed E-state index contributed by atoms with van der Waals surface area (Å²) in [7, 11) is 1.49. The van der Waals surface area contributed by atoms with Crippen molar-refractivity contribution in [3.63, 3.8) is 0 Å². The summed E-state index contributed by atoms with van der Waals surface area (Å²) < 4.78 is 5.60. The van der Waals surface area contributed by atoms with Gasteiger partial charge in [0.1, 0.15) is 11.9 Å². The minimum atomic E-state index is -0.973. The number of nitrogens with one attached hydrogen (secondary N) is 3. The van der Waals surface area contributed by atoms with Crippen LogP contribution in [0, 0.1) is 6.92 Å². The topological polar surface area (TPSA) is 120 Å². The van der Waals surface area contributed by atoms with E-state index in [4.69, 9.17) is 4.74 Å². The number of carboxylic acid groups (broad SMARTS) is 1. The number of methoxy groups -OCH3 is 1. The molecule has 0 aliphatic carbocycles. The Labute approximate surface area is 222 Å². The van der Waals surface area contributed by atoms with Crippen LogP contribution in [0.5, 0.6) is 5.75 Å². The van der Waals surface area contributed by atoms with Gasteiger partial charge in [0.05, 0.1) is 25.3 Å². The molecule has 3 aromatic carbocycles. The Morgan fingerprint density at radius 1 is 0.947 bits per heavy atom. The molecule has 2 atom stereocenters. The van der Waals surface area contributed by atoms with E-state index in [0.29, 0.717) is 29.2 Å². The molecule has 0 aliphatic rings. The lowest BCUT2D eigenvalue weighted by Gasteiger charge is -2.40. The molecule has 0 heterocycles. The van der Waals surface area contributed by atoms with Gasteiger partial charge in [0.25, 0.3) is 0 Å². The van der Waals surface area contributed by atoms with Crippen LogP contribution >= 0.6 is 0 Å². The Kier molecular flexibility index (Phi) is 9.70. The van der Waals surface area contributed by atoms with E-state index in [1.807, 2.05) is 73.3 Å². The SMILES string of the molecule is CCC(NC(C)=O)N(c1ccc(NC(=O)Nc2ccccc2C)c(OC)c1)C(CC(=O)O)c1ccccc1. The first-order valence-electron chi connectivity index (χ1n) is 12.4. The average molecular weight is 519 g/mol. The number of amides is 3. The summed E-state index contributed by atoms with van der Waals surface area (Å²) in [5.74, 6) is -0.825. The molecule has 3 aromatic rings. The van der Waals surface area contributed by atoms with Crippen LogP contribution in [0.3, 0.4) is 0 Å². The number of aryl methyl sites for hydroxylation is 1. The maximum atomic E-state index is 12.7. The van der Waals surface area contributed by atoms with Crippen LogP contribution in [-0.4, -0.2) is 36.3 Å². The number of rotatable bonds is 11. The van der Waals surface area contributed by atoms with Crippen molar-refractivity contribution in [1.29, 1.82) is 0 Å². The third-order valence-corrected chi connectivity index (χ3v) is 6.11. The summed E-state index contributed by atoms with van der Waals surface area (Å²) in [4.78, 5) is 38.6. The van der Waals surface area contributed by atoms with Crippen molar-refractivity contribution in [3.8, 4) is 5.75 Å². The van der Waals surface area contributed by atoms with Gasteiger partial charge in [-0.1, -0.05) is 55.5 Å².